The van der Waals surface area contributed by atoms with Gasteiger partial charge in [-0.3, -0.25) is 0 Å². The molecule has 8 aromatic rings. The van der Waals surface area contributed by atoms with Crippen molar-refractivity contribution in [3.8, 4) is 46.0 Å². The van der Waals surface area contributed by atoms with Crippen molar-refractivity contribution >= 4 is 191 Å². The van der Waals surface area contributed by atoms with Gasteiger partial charge in [0.1, 0.15) is 117 Å². The second kappa shape index (κ2) is 24.3. The van der Waals surface area contributed by atoms with E-state index >= 15 is 0 Å². The van der Waals surface area contributed by atoms with Gasteiger partial charge in [-0.05, 0) is 308 Å². The first-order valence-corrected chi connectivity index (χ1v) is 36.1. The van der Waals surface area contributed by atoms with Crippen molar-refractivity contribution in [3.05, 3.63) is 215 Å². The molecule has 0 N–H and O–H groups in total. The number of rotatable bonds is 0. The highest BCUT2D eigenvalue weighted by molar-refractivity contribution is 9.14. The van der Waals surface area contributed by atoms with Crippen LogP contribution in [0, 0.1) is 0 Å². The van der Waals surface area contributed by atoms with Crippen LogP contribution in [0.25, 0.3) is 0 Å². The molecule has 4 aliphatic heterocycles. The summed E-state index contributed by atoms with van der Waals surface area (Å²) in [7, 11) is 0. The van der Waals surface area contributed by atoms with Crippen LogP contribution in [0.3, 0.4) is 0 Å². The minimum atomic E-state index is -0.365. The SMILES string of the molecule is CC1c2cc3c4c(Br)c2OCc2cc(Br)c(Br)cc2COc2c1cc1c(c2Br)OCc2cc(Br)c(Br)cc2COc2c(cc5c(c2Br)OCc2cc(Br)c(Br)cc2COc2c(cc(c(c2Br)OCc2cc(Br)c(Br)cc2CO4)C3C)C5C)C1C. The van der Waals surface area contributed by atoms with Crippen molar-refractivity contribution in [2.24, 2.45) is 0 Å². The maximum atomic E-state index is 7.26. The molecule has 0 unspecified atom stereocenters. The van der Waals surface area contributed by atoms with Gasteiger partial charge in [0.05, 0.1) is 0 Å². The number of benzene rings is 8. The molecule has 0 spiro atoms. The fourth-order valence-corrected chi connectivity index (χ4v) is 17.7. The number of ether oxygens (including phenoxy) is 8. The van der Waals surface area contributed by atoms with E-state index in [4.69, 9.17) is 37.9 Å². The van der Waals surface area contributed by atoms with Crippen LogP contribution in [0.5, 0.6) is 46.0 Å². The largest absolute Gasteiger partial charge is 0.487 e. The molecule has 0 aromatic heterocycles. The summed E-state index contributed by atoms with van der Waals surface area (Å²) in [5, 5.41) is 0. The van der Waals surface area contributed by atoms with Crippen molar-refractivity contribution in [1.82, 2.24) is 0 Å². The third kappa shape index (κ3) is 10.9. The van der Waals surface area contributed by atoms with E-state index in [0.717, 1.165) is 125 Å². The lowest BCUT2D eigenvalue weighted by atomic mass is 9.80. The second-order valence-electron chi connectivity index (χ2n) is 21.4. The molecule has 432 valence electrons. The van der Waals surface area contributed by atoms with E-state index in [0.29, 0.717) is 63.9 Å². The molecule has 0 atom stereocenters. The summed E-state index contributed by atoms with van der Waals surface area (Å²) in [6, 6.07) is 25.8. The van der Waals surface area contributed by atoms with Gasteiger partial charge in [-0.1, -0.05) is 27.7 Å². The number of hydrogen-bond acceptors (Lipinski definition) is 8. The van der Waals surface area contributed by atoms with E-state index in [2.05, 4.69) is 292 Å². The molecule has 13 rings (SSSR count). The van der Waals surface area contributed by atoms with Gasteiger partial charge < -0.3 is 37.9 Å². The van der Waals surface area contributed by atoms with Crippen LogP contribution < -0.4 is 37.9 Å². The van der Waals surface area contributed by atoms with Crippen LogP contribution in [-0.4, -0.2) is 0 Å². The summed E-state index contributed by atoms with van der Waals surface area (Å²) in [5.41, 5.74) is 14.8. The number of halogens is 12. The molecule has 5 aliphatic rings. The zero-order chi connectivity index (χ0) is 58.9. The highest BCUT2D eigenvalue weighted by Gasteiger charge is 2.38. The Kier molecular flexibility index (Phi) is 17.6. The van der Waals surface area contributed by atoms with Crippen molar-refractivity contribution in [3.63, 3.8) is 0 Å². The Balaban J connectivity index is 1.18. The highest BCUT2D eigenvalue weighted by Crippen LogP contribution is 2.59. The lowest BCUT2D eigenvalue weighted by Crippen LogP contribution is -2.13. The highest BCUT2D eigenvalue weighted by atomic mass is 79.9. The minimum Gasteiger partial charge on any atom is -0.487 e. The molecule has 20 heteroatoms. The molecule has 8 aromatic carbocycles. The Morgan fingerprint density at radius 2 is 0.333 bits per heavy atom. The van der Waals surface area contributed by atoms with Crippen LogP contribution in [-0.2, 0) is 52.9 Å². The van der Waals surface area contributed by atoms with E-state index in [9.17, 15) is 0 Å². The summed E-state index contributed by atoms with van der Waals surface area (Å²) in [5.74, 6) is 3.69. The molecule has 8 nitrogen and oxygen atoms in total. The molecule has 0 saturated heterocycles. The zero-order valence-electron chi connectivity index (χ0n) is 44.7. The average molecular weight is 1900 g/mol. The van der Waals surface area contributed by atoms with Gasteiger partial charge in [-0.15, -0.1) is 0 Å². The van der Waals surface area contributed by atoms with Crippen molar-refractivity contribution in [2.45, 2.75) is 104 Å². The van der Waals surface area contributed by atoms with Crippen molar-refractivity contribution in [1.29, 1.82) is 0 Å². The summed E-state index contributed by atoms with van der Waals surface area (Å²) >= 11 is 47.4. The fraction of sp³-hybridized carbons (Fsp3) is 0.250. The zero-order valence-corrected chi connectivity index (χ0v) is 63.7. The Morgan fingerprint density at radius 3 is 0.452 bits per heavy atom. The normalized spacial score (nSPS) is 18.4. The van der Waals surface area contributed by atoms with Gasteiger partial charge >= 0.3 is 0 Å². The average Bonchev–Trinajstić information content (AvgIpc) is 2.00. The van der Waals surface area contributed by atoms with Gasteiger partial charge in [0.25, 0.3) is 0 Å². The van der Waals surface area contributed by atoms with Crippen molar-refractivity contribution in [2.75, 3.05) is 0 Å². The Hall–Kier alpha value is -2.08. The predicted octanol–water partition coefficient (Wildman–Crippen LogP) is 23.6. The molecular weight excluding hydrogens is 1860 g/mol. The van der Waals surface area contributed by atoms with E-state index in [1.54, 1.807) is 0 Å². The van der Waals surface area contributed by atoms with Crippen LogP contribution in [0.1, 0.15) is 140 Å². The second-order valence-corrected chi connectivity index (χ2v) is 31.5. The van der Waals surface area contributed by atoms with Crippen LogP contribution >= 0.6 is 191 Å². The van der Waals surface area contributed by atoms with Crippen LogP contribution in [0.15, 0.2) is 126 Å². The topological polar surface area (TPSA) is 73.8 Å². The van der Waals surface area contributed by atoms with Gasteiger partial charge in [0.15, 0.2) is 0 Å². The lowest BCUT2D eigenvalue weighted by molar-refractivity contribution is 0.267. The van der Waals surface area contributed by atoms with Crippen LogP contribution in [0.4, 0.5) is 0 Å². The quantitative estimate of drug-likeness (QED) is 0.149. The third-order valence-electron chi connectivity index (χ3n) is 16.6. The Labute approximate surface area is 587 Å². The van der Waals surface area contributed by atoms with E-state index in [-0.39, 0.29) is 76.5 Å². The number of fused-ring (bicyclic) bond motifs is 4. The molecule has 84 heavy (non-hydrogen) atoms. The Bertz CT molecular complexity index is 3370. The summed E-state index contributed by atoms with van der Waals surface area (Å²) < 4.78 is 67.9. The smallest absolute Gasteiger partial charge is 0.141 e. The molecule has 4 heterocycles. The van der Waals surface area contributed by atoms with Gasteiger partial charge in [-0.2, -0.15) is 0 Å². The first kappa shape index (κ1) is 60.8. The van der Waals surface area contributed by atoms with E-state index in [1.165, 1.54) is 0 Å². The van der Waals surface area contributed by atoms with Gasteiger partial charge in [0, 0.05) is 104 Å². The Morgan fingerprint density at radius 1 is 0.214 bits per heavy atom. The summed E-state index contributed by atoms with van der Waals surface area (Å²) in [6.45, 7) is 10.7. The number of hydrogen-bond donors (Lipinski definition) is 0. The minimum absolute atomic E-state index is 0.228. The molecule has 0 saturated carbocycles. The van der Waals surface area contributed by atoms with Gasteiger partial charge in [0.2, 0.25) is 0 Å². The summed E-state index contributed by atoms with van der Waals surface area (Å²) in [4.78, 5) is 0. The van der Waals surface area contributed by atoms with Gasteiger partial charge in [-0.25, -0.2) is 0 Å². The fourth-order valence-electron chi connectivity index (χ4n) is 11.8. The molecule has 0 fully saturated rings. The lowest BCUT2D eigenvalue weighted by Gasteiger charge is -2.30. The molecule has 0 radical (unpaired) electrons. The first-order chi connectivity index (χ1) is 40.2. The molecule has 8 bridgehead atoms. The molecule has 0 amide bonds. The monoisotopic (exact) mass is 1890 g/mol. The third-order valence-corrected chi connectivity index (χ3v) is 26.9. The predicted molar refractivity (Wildman–Crippen MR) is 369 cm³/mol. The first-order valence-electron chi connectivity index (χ1n) is 26.6. The van der Waals surface area contributed by atoms with Crippen molar-refractivity contribution < 1.29 is 37.9 Å². The van der Waals surface area contributed by atoms with E-state index in [1.807, 2.05) is 0 Å². The summed E-state index contributed by atoms with van der Waals surface area (Å²) in [6.07, 6.45) is 0. The maximum Gasteiger partial charge on any atom is 0.141 e. The molecular formula is C64H44Br12O8. The standard InChI is InChI=1S/C64H44Br12O8/c1-25-37-13-39-26(2)41-15-43-28(4)44-16-42-27(3)40-14-38(25)58-54(74)60(40)80-20-32-8-48(68)50(70)10-34(32)22-82-62(42)56(76)64(44)84-24-36-12-52(72)51(71)11-35(36)23-83-63(43)55(75)61(41)81-21-33-9-49(69)47(67)7-31(33)19-79-59(39)53(73)57(37)77-17-29-5-45(65)46(66)6-30(29)18-78-58/h5-16,25-28H,17-24H2,1-4H3. The van der Waals surface area contributed by atoms with Crippen LogP contribution in [0.2, 0.25) is 0 Å². The maximum absolute atomic E-state index is 7.26. The molecule has 1 aliphatic carbocycles. The van der Waals surface area contributed by atoms with E-state index < -0.39 is 0 Å².